The number of hydrogen-bond acceptors (Lipinski definition) is 9. The molecule has 0 aliphatic rings. The van der Waals surface area contributed by atoms with Crippen molar-refractivity contribution in [1.29, 1.82) is 0 Å². The number of carbonyl (C=O) groups is 5. The second-order valence-electron chi connectivity index (χ2n) is 7.05. The van der Waals surface area contributed by atoms with E-state index in [9.17, 15) is 29.1 Å². The molecule has 0 aromatic heterocycles. The van der Waals surface area contributed by atoms with Crippen LogP contribution in [0.4, 0.5) is 0 Å². The van der Waals surface area contributed by atoms with Gasteiger partial charge in [0.15, 0.2) is 0 Å². The van der Waals surface area contributed by atoms with E-state index in [1.165, 1.54) is 11.8 Å². The molecule has 0 bridgehead atoms. The first-order valence-corrected chi connectivity index (χ1v) is 12.1. The van der Waals surface area contributed by atoms with E-state index >= 15 is 0 Å². The maximum absolute atomic E-state index is 12.7. The third-order valence-electron chi connectivity index (χ3n) is 4.38. The smallest absolute Gasteiger partial charge is 0.326 e. The summed E-state index contributed by atoms with van der Waals surface area (Å²) in [4.78, 5) is 59.8. The highest BCUT2D eigenvalue weighted by atomic mass is 32.2. The number of aliphatic carboxylic acids is 1. The van der Waals surface area contributed by atoms with E-state index < -0.39 is 60.2 Å². The van der Waals surface area contributed by atoms with Crippen molar-refractivity contribution in [3.05, 3.63) is 0 Å². The molecule has 4 unspecified atom stereocenters. The average molecular weight is 495 g/mol. The van der Waals surface area contributed by atoms with Crippen molar-refractivity contribution in [2.45, 2.75) is 56.3 Å². The van der Waals surface area contributed by atoms with Crippen LogP contribution in [0.25, 0.3) is 0 Å². The Bertz CT molecular complexity index is 653. The van der Waals surface area contributed by atoms with Crippen molar-refractivity contribution in [1.82, 2.24) is 16.0 Å². The van der Waals surface area contributed by atoms with Crippen molar-refractivity contribution < 1.29 is 29.1 Å². The van der Waals surface area contributed by atoms with Gasteiger partial charge in [0.05, 0.1) is 12.5 Å². The molecule has 184 valence electrons. The zero-order valence-electron chi connectivity index (χ0n) is 18.0. The van der Waals surface area contributed by atoms with Gasteiger partial charge in [0.1, 0.15) is 18.1 Å². The predicted molar refractivity (Wildman–Crippen MR) is 125 cm³/mol. The third-order valence-corrected chi connectivity index (χ3v) is 5.39. The van der Waals surface area contributed by atoms with Crippen molar-refractivity contribution >= 4 is 54.0 Å². The molecule has 4 atom stereocenters. The van der Waals surface area contributed by atoms with Gasteiger partial charge in [-0.15, -0.1) is 0 Å². The molecule has 10 N–H and O–H groups in total. The summed E-state index contributed by atoms with van der Waals surface area (Å²) in [5.41, 5.74) is 16.1. The summed E-state index contributed by atoms with van der Waals surface area (Å²) in [6.07, 6.45) is 2.97. The van der Waals surface area contributed by atoms with Gasteiger partial charge in [0.2, 0.25) is 23.6 Å². The minimum atomic E-state index is -1.24. The zero-order valence-corrected chi connectivity index (χ0v) is 19.8. The van der Waals surface area contributed by atoms with Crippen LogP contribution in [0, 0.1) is 0 Å². The number of amides is 4. The summed E-state index contributed by atoms with van der Waals surface area (Å²) in [5, 5.41) is 16.7. The van der Waals surface area contributed by atoms with Gasteiger partial charge in [-0.1, -0.05) is 0 Å². The predicted octanol–water partition coefficient (Wildman–Crippen LogP) is -2.46. The van der Waals surface area contributed by atoms with E-state index in [0.717, 1.165) is 0 Å². The molecule has 0 fully saturated rings. The molecule has 12 nitrogen and oxygen atoms in total. The second-order valence-corrected chi connectivity index (χ2v) is 8.40. The van der Waals surface area contributed by atoms with Crippen LogP contribution in [0.5, 0.6) is 0 Å². The van der Waals surface area contributed by atoms with Gasteiger partial charge in [0.25, 0.3) is 0 Å². The highest BCUT2D eigenvalue weighted by molar-refractivity contribution is 7.98. The Labute approximate surface area is 196 Å². The molecule has 0 aromatic rings. The van der Waals surface area contributed by atoms with Crippen molar-refractivity contribution in [3.8, 4) is 0 Å². The van der Waals surface area contributed by atoms with E-state index in [-0.39, 0.29) is 18.6 Å². The van der Waals surface area contributed by atoms with E-state index in [2.05, 4.69) is 28.6 Å². The van der Waals surface area contributed by atoms with Crippen molar-refractivity contribution in [2.24, 2.45) is 17.2 Å². The molecular formula is C18H34N6O6S2. The van der Waals surface area contributed by atoms with Crippen molar-refractivity contribution in [3.63, 3.8) is 0 Å². The Morgan fingerprint density at radius 3 is 2.00 bits per heavy atom. The van der Waals surface area contributed by atoms with E-state index in [4.69, 9.17) is 17.2 Å². The first-order valence-electron chi connectivity index (χ1n) is 10.0. The van der Waals surface area contributed by atoms with Crippen LogP contribution in [0.2, 0.25) is 0 Å². The first-order chi connectivity index (χ1) is 15.1. The van der Waals surface area contributed by atoms with Gasteiger partial charge in [0, 0.05) is 5.75 Å². The average Bonchev–Trinajstić information content (AvgIpc) is 2.72. The number of nitrogens with two attached hydrogens (primary N) is 3. The van der Waals surface area contributed by atoms with Crippen LogP contribution in [-0.4, -0.2) is 83.2 Å². The lowest BCUT2D eigenvalue weighted by Gasteiger charge is -2.24. The Morgan fingerprint density at radius 2 is 1.50 bits per heavy atom. The fourth-order valence-electron chi connectivity index (χ4n) is 2.58. The Morgan fingerprint density at radius 1 is 0.938 bits per heavy atom. The van der Waals surface area contributed by atoms with E-state index in [1.54, 1.807) is 0 Å². The molecule has 0 saturated heterocycles. The Hall–Kier alpha value is -2.03. The molecule has 0 aliphatic carbocycles. The lowest BCUT2D eigenvalue weighted by atomic mass is 10.1. The highest BCUT2D eigenvalue weighted by Crippen LogP contribution is 2.06. The summed E-state index contributed by atoms with van der Waals surface area (Å²) >= 11 is 5.49. The molecule has 0 saturated carbocycles. The molecule has 14 heteroatoms. The number of carboxylic acid groups (broad SMARTS) is 1. The SMILES string of the molecule is CSCCC(NC(=O)C(CCCCN)NC(=O)C(CS)NC(=O)C(N)CC(N)=O)C(=O)O. The standard InChI is InChI=1S/C18H34N6O6S2/c1-32-7-5-12(18(29)30)23-16(27)11(4-2-3-6-19)22-17(28)13(9-31)24-15(26)10(20)8-14(21)25/h10-13,31H,2-9,19-20H2,1H3,(H2,21,25)(H,22,28)(H,23,27)(H,24,26)(H,29,30). The number of hydrogen-bond donors (Lipinski definition) is 8. The molecule has 0 rings (SSSR count). The van der Waals surface area contributed by atoms with Crippen LogP contribution in [0.1, 0.15) is 32.1 Å². The largest absolute Gasteiger partial charge is 0.480 e. The van der Waals surface area contributed by atoms with E-state index in [1.807, 2.05) is 6.26 Å². The summed E-state index contributed by atoms with van der Waals surface area (Å²) < 4.78 is 0. The second kappa shape index (κ2) is 16.6. The van der Waals surface area contributed by atoms with Crippen LogP contribution in [-0.2, 0) is 24.0 Å². The van der Waals surface area contributed by atoms with Gasteiger partial charge in [-0.25, -0.2) is 4.79 Å². The van der Waals surface area contributed by atoms with Gasteiger partial charge in [-0.3, -0.25) is 19.2 Å². The van der Waals surface area contributed by atoms with Crippen LogP contribution >= 0.6 is 24.4 Å². The quantitative estimate of drug-likeness (QED) is 0.0792. The minimum absolute atomic E-state index is 0.108. The van der Waals surface area contributed by atoms with Gasteiger partial charge < -0.3 is 38.3 Å². The topological polar surface area (TPSA) is 220 Å². The summed E-state index contributed by atoms with van der Waals surface area (Å²) in [6.45, 7) is 0.390. The fourth-order valence-corrected chi connectivity index (χ4v) is 3.31. The zero-order chi connectivity index (χ0) is 24.7. The van der Waals surface area contributed by atoms with Gasteiger partial charge in [-0.2, -0.15) is 24.4 Å². The number of rotatable bonds is 17. The van der Waals surface area contributed by atoms with E-state index in [0.29, 0.717) is 25.1 Å². The van der Waals surface area contributed by atoms with Crippen molar-refractivity contribution in [2.75, 3.05) is 24.3 Å². The maximum Gasteiger partial charge on any atom is 0.326 e. The Balaban J connectivity index is 5.24. The highest BCUT2D eigenvalue weighted by Gasteiger charge is 2.29. The first kappa shape index (κ1) is 30.0. The molecule has 0 spiro atoms. The number of thiol groups is 1. The molecule has 0 heterocycles. The normalized spacial score (nSPS) is 14.5. The lowest BCUT2D eigenvalue weighted by Crippen LogP contribution is -2.57. The van der Waals surface area contributed by atoms with Crippen LogP contribution in [0.3, 0.4) is 0 Å². The number of thioether (sulfide) groups is 1. The number of primary amides is 1. The molecule has 32 heavy (non-hydrogen) atoms. The molecule has 0 aliphatic heterocycles. The molecule has 4 amide bonds. The minimum Gasteiger partial charge on any atom is -0.480 e. The summed E-state index contributed by atoms with van der Waals surface area (Å²) in [7, 11) is 0. The number of nitrogens with one attached hydrogen (secondary N) is 3. The van der Waals surface area contributed by atoms with Gasteiger partial charge >= 0.3 is 5.97 Å². The maximum atomic E-state index is 12.7. The number of unbranched alkanes of at least 4 members (excludes halogenated alkanes) is 1. The monoisotopic (exact) mass is 494 g/mol. The van der Waals surface area contributed by atoms with Crippen LogP contribution < -0.4 is 33.2 Å². The van der Waals surface area contributed by atoms with Gasteiger partial charge in [-0.05, 0) is 44.2 Å². The molecule has 0 radical (unpaired) electrons. The fraction of sp³-hybridized carbons (Fsp3) is 0.722. The van der Waals surface area contributed by atoms with Crippen LogP contribution in [0.15, 0.2) is 0 Å². The summed E-state index contributed by atoms with van der Waals surface area (Å²) in [6, 6.07) is -4.51. The number of carbonyl (C=O) groups excluding carboxylic acids is 4. The summed E-state index contributed by atoms with van der Waals surface area (Å²) in [5.74, 6) is -3.66. The molecular weight excluding hydrogens is 460 g/mol. The third kappa shape index (κ3) is 12.1. The Kier molecular flexibility index (Phi) is 15.5. The number of carboxylic acids is 1. The lowest BCUT2D eigenvalue weighted by molar-refractivity contribution is -0.142. The molecule has 0 aromatic carbocycles.